The number of hydrogen-bond acceptors (Lipinski definition) is 4. The van der Waals surface area contributed by atoms with E-state index < -0.39 is 0 Å². The van der Waals surface area contributed by atoms with Gasteiger partial charge in [-0.15, -0.1) is 0 Å². The Morgan fingerprint density at radius 3 is 2.46 bits per heavy atom. The maximum atomic E-state index is 5.51. The maximum absolute atomic E-state index is 5.51. The SMILES string of the molecule is Cc1cnc(-n2cc(N)cn2)nc1. The molecule has 2 aromatic rings. The summed E-state index contributed by atoms with van der Waals surface area (Å²) >= 11 is 0. The highest BCUT2D eigenvalue weighted by molar-refractivity contribution is 5.33. The van der Waals surface area contributed by atoms with Gasteiger partial charge in [0.15, 0.2) is 0 Å². The summed E-state index contributed by atoms with van der Waals surface area (Å²) in [6.07, 6.45) is 6.70. The van der Waals surface area contributed by atoms with Crippen LogP contribution in [0.3, 0.4) is 0 Å². The van der Waals surface area contributed by atoms with Crippen molar-refractivity contribution in [1.82, 2.24) is 19.7 Å². The molecule has 5 heteroatoms. The summed E-state index contributed by atoms with van der Waals surface area (Å²) in [5.41, 5.74) is 7.13. The number of nitrogens with zero attached hydrogens (tertiary/aromatic N) is 4. The Bertz CT molecular complexity index is 403. The van der Waals surface area contributed by atoms with Crippen LogP contribution in [0.25, 0.3) is 5.95 Å². The van der Waals surface area contributed by atoms with E-state index >= 15 is 0 Å². The van der Waals surface area contributed by atoms with Gasteiger partial charge >= 0.3 is 0 Å². The third-order valence-corrected chi connectivity index (χ3v) is 1.57. The van der Waals surface area contributed by atoms with Gasteiger partial charge in [0.25, 0.3) is 5.95 Å². The van der Waals surface area contributed by atoms with Crippen molar-refractivity contribution in [2.45, 2.75) is 6.92 Å². The van der Waals surface area contributed by atoms with Crippen LogP contribution in [0.1, 0.15) is 5.56 Å². The fourth-order valence-electron chi connectivity index (χ4n) is 0.950. The quantitative estimate of drug-likeness (QED) is 0.687. The van der Waals surface area contributed by atoms with Crippen molar-refractivity contribution >= 4 is 5.69 Å². The summed E-state index contributed by atoms with van der Waals surface area (Å²) in [6, 6.07) is 0. The minimum atomic E-state index is 0.530. The molecular weight excluding hydrogens is 166 g/mol. The van der Waals surface area contributed by atoms with Crippen LogP contribution in [0.2, 0.25) is 0 Å². The minimum Gasteiger partial charge on any atom is -0.396 e. The van der Waals surface area contributed by atoms with Crippen molar-refractivity contribution in [3.8, 4) is 5.95 Å². The predicted octanol–water partition coefficient (Wildman–Crippen LogP) is 0.553. The first kappa shape index (κ1) is 7.72. The van der Waals surface area contributed by atoms with Crippen molar-refractivity contribution in [1.29, 1.82) is 0 Å². The Balaban J connectivity index is 2.41. The van der Waals surface area contributed by atoms with E-state index in [0.717, 1.165) is 5.56 Å². The Kier molecular flexibility index (Phi) is 1.70. The molecule has 0 saturated heterocycles. The Labute approximate surface area is 75.2 Å². The average Bonchev–Trinajstić information content (AvgIpc) is 2.53. The summed E-state index contributed by atoms with van der Waals surface area (Å²) < 4.78 is 1.54. The molecule has 2 N–H and O–H groups in total. The topological polar surface area (TPSA) is 69.6 Å². The average molecular weight is 175 g/mol. The molecule has 0 unspecified atom stereocenters. The summed E-state index contributed by atoms with van der Waals surface area (Å²) in [5.74, 6) is 0.530. The lowest BCUT2D eigenvalue weighted by Crippen LogP contribution is -2.00. The van der Waals surface area contributed by atoms with Crippen LogP contribution in [-0.2, 0) is 0 Å². The molecular formula is C8H9N5. The first-order chi connectivity index (χ1) is 6.25. The van der Waals surface area contributed by atoms with E-state index in [-0.39, 0.29) is 0 Å². The van der Waals surface area contributed by atoms with Crippen LogP contribution >= 0.6 is 0 Å². The zero-order valence-electron chi connectivity index (χ0n) is 7.18. The van der Waals surface area contributed by atoms with Crippen molar-refractivity contribution in [3.63, 3.8) is 0 Å². The standard InChI is InChI=1S/C8H9N5/c1-6-2-10-8(11-3-6)13-5-7(9)4-12-13/h2-5H,9H2,1H3. The molecule has 0 saturated carbocycles. The predicted molar refractivity (Wildman–Crippen MR) is 48.3 cm³/mol. The lowest BCUT2D eigenvalue weighted by molar-refractivity contribution is 0.805. The van der Waals surface area contributed by atoms with E-state index in [1.54, 1.807) is 24.8 Å². The molecule has 2 rings (SSSR count). The molecule has 5 nitrogen and oxygen atoms in total. The fourth-order valence-corrected chi connectivity index (χ4v) is 0.950. The number of nitrogen functional groups attached to an aromatic ring is 1. The van der Waals surface area contributed by atoms with Crippen LogP contribution in [-0.4, -0.2) is 19.7 Å². The Morgan fingerprint density at radius 1 is 1.23 bits per heavy atom. The fraction of sp³-hybridized carbons (Fsp3) is 0.125. The summed E-state index contributed by atoms with van der Waals surface area (Å²) in [6.45, 7) is 1.93. The summed E-state index contributed by atoms with van der Waals surface area (Å²) in [4.78, 5) is 8.19. The summed E-state index contributed by atoms with van der Waals surface area (Å²) in [7, 11) is 0. The maximum Gasteiger partial charge on any atom is 0.250 e. The summed E-state index contributed by atoms with van der Waals surface area (Å²) in [5, 5.41) is 3.98. The van der Waals surface area contributed by atoms with Crippen LogP contribution in [0.5, 0.6) is 0 Å². The highest BCUT2D eigenvalue weighted by Gasteiger charge is 1.99. The zero-order chi connectivity index (χ0) is 9.26. The van der Waals surface area contributed by atoms with Gasteiger partial charge in [-0.25, -0.2) is 14.6 Å². The normalized spacial score (nSPS) is 10.2. The molecule has 13 heavy (non-hydrogen) atoms. The molecule has 0 spiro atoms. The number of hydrogen-bond donors (Lipinski definition) is 1. The van der Waals surface area contributed by atoms with Gasteiger partial charge in [0.1, 0.15) is 0 Å². The number of aryl methyl sites for hydroxylation is 1. The molecule has 2 heterocycles. The molecule has 0 amide bonds. The van der Waals surface area contributed by atoms with Crippen LogP contribution in [0.4, 0.5) is 5.69 Å². The molecule has 0 aromatic carbocycles. The Hall–Kier alpha value is -1.91. The zero-order valence-corrected chi connectivity index (χ0v) is 7.18. The van der Waals surface area contributed by atoms with Crippen molar-refractivity contribution in [3.05, 3.63) is 30.4 Å². The van der Waals surface area contributed by atoms with Gasteiger partial charge in [-0.05, 0) is 12.5 Å². The van der Waals surface area contributed by atoms with Gasteiger partial charge in [-0.1, -0.05) is 0 Å². The van der Waals surface area contributed by atoms with Gasteiger partial charge < -0.3 is 5.73 Å². The van der Waals surface area contributed by atoms with Gasteiger partial charge in [0.05, 0.1) is 18.1 Å². The second-order valence-electron chi connectivity index (χ2n) is 2.78. The van der Waals surface area contributed by atoms with Gasteiger partial charge in [-0.2, -0.15) is 5.10 Å². The molecule has 2 aromatic heterocycles. The number of nitrogens with two attached hydrogens (primary N) is 1. The van der Waals surface area contributed by atoms with Gasteiger partial charge in [0.2, 0.25) is 0 Å². The van der Waals surface area contributed by atoms with Crippen molar-refractivity contribution in [2.24, 2.45) is 0 Å². The number of aromatic nitrogens is 4. The van der Waals surface area contributed by atoms with E-state index in [9.17, 15) is 0 Å². The lowest BCUT2D eigenvalue weighted by atomic mass is 10.4. The molecule has 0 aliphatic rings. The van der Waals surface area contributed by atoms with Crippen molar-refractivity contribution in [2.75, 3.05) is 5.73 Å². The smallest absolute Gasteiger partial charge is 0.250 e. The molecule has 0 radical (unpaired) electrons. The van der Waals surface area contributed by atoms with Gasteiger partial charge in [-0.3, -0.25) is 0 Å². The molecule has 0 bridgehead atoms. The largest absolute Gasteiger partial charge is 0.396 e. The van der Waals surface area contributed by atoms with Crippen molar-refractivity contribution < 1.29 is 0 Å². The molecule has 66 valence electrons. The van der Waals surface area contributed by atoms with E-state index in [2.05, 4.69) is 15.1 Å². The monoisotopic (exact) mass is 175 g/mol. The number of rotatable bonds is 1. The van der Waals surface area contributed by atoms with Crippen LogP contribution in [0, 0.1) is 6.92 Å². The van der Waals surface area contributed by atoms with Crippen LogP contribution in [0.15, 0.2) is 24.8 Å². The minimum absolute atomic E-state index is 0.530. The van der Waals surface area contributed by atoms with Crippen LogP contribution < -0.4 is 5.73 Å². The lowest BCUT2D eigenvalue weighted by Gasteiger charge is -1.97. The molecule has 0 aliphatic heterocycles. The molecule has 0 aliphatic carbocycles. The third-order valence-electron chi connectivity index (χ3n) is 1.57. The van der Waals surface area contributed by atoms with E-state index in [4.69, 9.17) is 5.73 Å². The van der Waals surface area contributed by atoms with E-state index in [1.807, 2.05) is 6.92 Å². The second-order valence-corrected chi connectivity index (χ2v) is 2.78. The first-order valence-electron chi connectivity index (χ1n) is 3.85. The first-order valence-corrected chi connectivity index (χ1v) is 3.85. The highest BCUT2D eigenvalue weighted by atomic mass is 15.3. The Morgan fingerprint density at radius 2 is 1.92 bits per heavy atom. The highest BCUT2D eigenvalue weighted by Crippen LogP contribution is 2.03. The second kappa shape index (κ2) is 2.85. The molecule has 0 fully saturated rings. The van der Waals surface area contributed by atoms with E-state index in [0.29, 0.717) is 11.6 Å². The van der Waals surface area contributed by atoms with Gasteiger partial charge in [0, 0.05) is 12.4 Å². The molecule has 0 atom stereocenters. The van der Waals surface area contributed by atoms with E-state index in [1.165, 1.54) is 4.68 Å². The number of anilines is 1. The third kappa shape index (κ3) is 1.48.